The molecule has 0 radical (unpaired) electrons. The molecule has 0 saturated carbocycles. The van der Waals surface area contributed by atoms with E-state index in [1.165, 1.54) is 9.80 Å². The van der Waals surface area contributed by atoms with Crippen LogP contribution in [0.15, 0.2) is 72.8 Å². The lowest BCUT2D eigenvalue weighted by Crippen LogP contribution is -2.48. The second kappa shape index (κ2) is 19.6. The first-order valence-corrected chi connectivity index (χ1v) is 17.8. The summed E-state index contributed by atoms with van der Waals surface area (Å²) in [4.78, 5) is 53.7. The van der Waals surface area contributed by atoms with Crippen LogP contribution >= 0.6 is 0 Å². The summed E-state index contributed by atoms with van der Waals surface area (Å²) in [5.41, 5.74) is 0.953. The van der Waals surface area contributed by atoms with Crippen LogP contribution in [-0.2, 0) is 9.59 Å². The fourth-order valence-corrected chi connectivity index (χ4v) is 5.50. The molecule has 0 saturated heterocycles. The SMILES string of the molecule is CC[C@@H]1C/C=C/C[C@H](C)Oc2ccccc2C(=O)N(C)[C@@H](C)C(=O)N1.CC[C@@H]1C/C=C\C[C@H](C)Oc2ccccc2C(=O)N(C)[C@@H](C)C(=O)N1. The number of nitrogens with one attached hydrogen (secondary N) is 2. The van der Waals surface area contributed by atoms with Crippen molar-refractivity contribution in [1.29, 1.82) is 0 Å². The van der Waals surface area contributed by atoms with E-state index in [9.17, 15) is 19.2 Å². The van der Waals surface area contributed by atoms with Crippen molar-refractivity contribution in [3.63, 3.8) is 0 Å². The Balaban J connectivity index is 0.000000270. The smallest absolute Gasteiger partial charge is 0.258 e. The van der Waals surface area contributed by atoms with Gasteiger partial charge in [0, 0.05) is 39.0 Å². The van der Waals surface area contributed by atoms with Crippen LogP contribution in [0.2, 0.25) is 0 Å². The highest BCUT2D eigenvalue weighted by Crippen LogP contribution is 2.24. The largest absolute Gasteiger partial charge is 0.490 e. The van der Waals surface area contributed by atoms with Crippen LogP contribution < -0.4 is 20.1 Å². The van der Waals surface area contributed by atoms with Crippen molar-refractivity contribution in [3.8, 4) is 11.5 Å². The minimum atomic E-state index is -0.557. The van der Waals surface area contributed by atoms with Gasteiger partial charge in [0.25, 0.3) is 11.8 Å². The number of ether oxygens (including phenoxy) is 2. The predicted molar refractivity (Wildman–Crippen MR) is 197 cm³/mol. The molecule has 2 aliphatic heterocycles. The molecule has 0 aromatic heterocycles. The average Bonchev–Trinajstić information content (AvgIpc) is 3.12. The molecule has 2 aromatic rings. The Morgan fingerprint density at radius 2 is 0.920 bits per heavy atom. The van der Waals surface area contributed by atoms with E-state index in [1.54, 1.807) is 64.3 Å². The van der Waals surface area contributed by atoms with Gasteiger partial charge in [-0.15, -0.1) is 0 Å². The summed E-state index contributed by atoms with van der Waals surface area (Å²) in [6.07, 6.45) is 13.0. The molecular weight excluding hydrogens is 632 g/mol. The summed E-state index contributed by atoms with van der Waals surface area (Å²) >= 11 is 0. The standard InChI is InChI=1S/2C20H28N2O3/c2*1-5-16-11-7-6-10-14(2)25-18-13-9-8-12-17(18)20(24)22(4)15(3)19(23)21-16/h2*6-9,12-16H,5,10-11H2,1-4H3,(H,21,23)/b7-6+;7-6-/t2*14-,15-,16+/m00/s1. The average molecular weight is 689 g/mol. The first-order chi connectivity index (χ1) is 23.9. The predicted octanol–water partition coefficient (Wildman–Crippen LogP) is 6.32. The lowest BCUT2D eigenvalue weighted by atomic mass is 10.1. The first-order valence-electron chi connectivity index (χ1n) is 17.8. The van der Waals surface area contributed by atoms with E-state index in [1.807, 2.05) is 39.8 Å². The normalized spacial score (nSPS) is 26.9. The molecule has 2 aromatic carbocycles. The summed E-state index contributed by atoms with van der Waals surface area (Å²) in [5.74, 6) is 0.393. The van der Waals surface area contributed by atoms with E-state index in [0.717, 1.165) is 38.5 Å². The second-order valence-corrected chi connectivity index (χ2v) is 13.1. The molecule has 0 bridgehead atoms. The van der Waals surface area contributed by atoms with Crippen molar-refractivity contribution >= 4 is 23.6 Å². The number of nitrogens with zero attached hydrogens (tertiary/aromatic N) is 2. The van der Waals surface area contributed by atoms with Crippen molar-refractivity contribution in [2.45, 2.75) is 116 Å². The van der Waals surface area contributed by atoms with Gasteiger partial charge < -0.3 is 29.9 Å². The quantitative estimate of drug-likeness (QED) is 0.357. The molecule has 10 nitrogen and oxygen atoms in total. The highest BCUT2D eigenvalue weighted by molar-refractivity contribution is 6.00. The van der Waals surface area contributed by atoms with Gasteiger partial charge in [-0.25, -0.2) is 0 Å². The number of rotatable bonds is 2. The third kappa shape index (κ3) is 11.2. The minimum Gasteiger partial charge on any atom is -0.490 e. The zero-order chi connectivity index (χ0) is 36.8. The zero-order valence-electron chi connectivity index (χ0n) is 31.0. The fraction of sp³-hybridized carbons (Fsp3) is 0.500. The number of amides is 4. The summed E-state index contributed by atoms with van der Waals surface area (Å²) in [6.45, 7) is 11.6. The van der Waals surface area contributed by atoms with Gasteiger partial charge in [-0.05, 0) is 77.6 Å². The monoisotopic (exact) mass is 688 g/mol. The number of carbonyl (C=O) groups excluding carboxylic acids is 4. The van der Waals surface area contributed by atoms with Crippen LogP contribution in [0, 0.1) is 0 Å². The molecule has 2 N–H and O–H groups in total. The van der Waals surface area contributed by atoms with Gasteiger partial charge in [-0.1, -0.05) is 62.4 Å². The van der Waals surface area contributed by atoms with E-state index in [0.29, 0.717) is 22.6 Å². The number of carbonyl (C=O) groups is 4. The topological polar surface area (TPSA) is 117 Å². The number of para-hydroxylation sites is 2. The van der Waals surface area contributed by atoms with Crippen molar-refractivity contribution < 1.29 is 28.7 Å². The van der Waals surface area contributed by atoms with Gasteiger partial charge in [0.05, 0.1) is 23.3 Å². The lowest BCUT2D eigenvalue weighted by Gasteiger charge is -2.27. The van der Waals surface area contributed by atoms with Crippen LogP contribution in [0.5, 0.6) is 11.5 Å². The number of likely N-dealkylation sites (N-methyl/N-ethyl adjacent to an activating group) is 2. The maximum Gasteiger partial charge on any atom is 0.258 e. The Labute approximate surface area is 298 Å². The number of hydrogen-bond donors (Lipinski definition) is 2. The molecule has 2 heterocycles. The second-order valence-electron chi connectivity index (χ2n) is 13.1. The molecule has 6 atom stereocenters. The van der Waals surface area contributed by atoms with Crippen LogP contribution in [0.4, 0.5) is 0 Å². The molecule has 4 rings (SSSR count). The van der Waals surface area contributed by atoms with E-state index in [-0.39, 0.29) is 47.9 Å². The van der Waals surface area contributed by atoms with Gasteiger partial charge >= 0.3 is 0 Å². The highest BCUT2D eigenvalue weighted by Gasteiger charge is 2.28. The number of hydrogen-bond acceptors (Lipinski definition) is 6. The zero-order valence-corrected chi connectivity index (χ0v) is 31.0. The maximum atomic E-state index is 12.9. The molecule has 0 aliphatic carbocycles. The Kier molecular flexibility index (Phi) is 15.6. The molecule has 4 amide bonds. The van der Waals surface area contributed by atoms with E-state index < -0.39 is 12.1 Å². The Morgan fingerprint density at radius 3 is 1.28 bits per heavy atom. The van der Waals surface area contributed by atoms with Gasteiger partial charge in [0.2, 0.25) is 11.8 Å². The maximum absolute atomic E-state index is 12.9. The van der Waals surface area contributed by atoms with Crippen LogP contribution in [0.25, 0.3) is 0 Å². The van der Waals surface area contributed by atoms with Gasteiger partial charge in [0.1, 0.15) is 23.6 Å². The number of fused-ring (bicyclic) bond motifs is 2. The molecule has 10 heteroatoms. The Hall–Kier alpha value is -4.60. The van der Waals surface area contributed by atoms with Crippen LogP contribution in [0.1, 0.15) is 101 Å². The molecule has 2 aliphatic rings. The van der Waals surface area contributed by atoms with Crippen molar-refractivity contribution in [2.24, 2.45) is 0 Å². The third-order valence-electron chi connectivity index (χ3n) is 9.24. The van der Waals surface area contributed by atoms with Crippen molar-refractivity contribution in [3.05, 3.63) is 84.0 Å². The Bertz CT molecular complexity index is 1390. The van der Waals surface area contributed by atoms with Crippen LogP contribution in [-0.4, -0.2) is 83.9 Å². The van der Waals surface area contributed by atoms with Crippen LogP contribution in [0.3, 0.4) is 0 Å². The summed E-state index contributed by atoms with van der Waals surface area (Å²) < 4.78 is 12.0. The third-order valence-corrected chi connectivity index (χ3v) is 9.24. The van der Waals surface area contributed by atoms with E-state index >= 15 is 0 Å². The minimum absolute atomic E-state index is 0.0365. The van der Waals surface area contributed by atoms with Gasteiger partial charge in [-0.2, -0.15) is 0 Å². The summed E-state index contributed by atoms with van der Waals surface area (Å²) in [7, 11) is 3.30. The molecule has 50 heavy (non-hydrogen) atoms. The fourth-order valence-electron chi connectivity index (χ4n) is 5.50. The van der Waals surface area contributed by atoms with E-state index in [2.05, 4.69) is 34.9 Å². The molecule has 272 valence electrons. The summed E-state index contributed by atoms with van der Waals surface area (Å²) in [5, 5.41) is 6.08. The van der Waals surface area contributed by atoms with Crippen molar-refractivity contribution in [1.82, 2.24) is 20.4 Å². The molecule has 0 fully saturated rings. The van der Waals surface area contributed by atoms with Gasteiger partial charge in [-0.3, -0.25) is 19.2 Å². The van der Waals surface area contributed by atoms with Crippen molar-refractivity contribution in [2.75, 3.05) is 14.1 Å². The molecule has 0 unspecified atom stereocenters. The van der Waals surface area contributed by atoms with Gasteiger partial charge in [0.15, 0.2) is 0 Å². The summed E-state index contributed by atoms with van der Waals surface area (Å²) in [6, 6.07) is 13.4. The lowest BCUT2D eigenvalue weighted by molar-refractivity contribution is -0.126. The number of benzene rings is 2. The Morgan fingerprint density at radius 1 is 0.580 bits per heavy atom. The highest BCUT2D eigenvalue weighted by atomic mass is 16.5. The molecule has 0 spiro atoms. The molecular formula is C40H56N4O6. The van der Waals surface area contributed by atoms with E-state index in [4.69, 9.17) is 9.47 Å². The first kappa shape index (κ1) is 39.8.